The zero-order valence-electron chi connectivity index (χ0n) is 13.7. The van der Waals surface area contributed by atoms with Crippen LogP contribution in [0.5, 0.6) is 11.5 Å². The van der Waals surface area contributed by atoms with Gasteiger partial charge in [-0.3, -0.25) is 4.79 Å². The Balaban J connectivity index is 2.02. The van der Waals surface area contributed by atoms with E-state index in [0.717, 1.165) is 0 Å². The summed E-state index contributed by atoms with van der Waals surface area (Å²) in [5.41, 5.74) is 0.954. The molecule has 2 aromatic rings. The Morgan fingerprint density at radius 2 is 1.72 bits per heavy atom. The van der Waals surface area contributed by atoms with Gasteiger partial charge >= 0.3 is 5.97 Å². The Labute approximate surface area is 144 Å². The molecular weight excluding hydrogens is 324 g/mol. The fourth-order valence-corrected chi connectivity index (χ4v) is 2.12. The van der Waals surface area contributed by atoms with Crippen molar-refractivity contribution in [1.29, 1.82) is 5.26 Å². The number of carbonyl (C=O) groups excluding carboxylic acids is 2. The fraction of sp³-hybridized carbons (Fsp3) is 0.167. The Kier molecular flexibility index (Phi) is 5.96. The van der Waals surface area contributed by atoms with Crippen LogP contribution in [-0.4, -0.2) is 32.7 Å². The highest BCUT2D eigenvalue weighted by Crippen LogP contribution is 2.28. The number of nitriles is 1. The number of nitrogens with zero attached hydrogens (tertiary/aromatic N) is 1. The van der Waals surface area contributed by atoms with Gasteiger partial charge in [0, 0.05) is 5.69 Å². The minimum absolute atomic E-state index is 0.103. The Morgan fingerprint density at radius 1 is 1.08 bits per heavy atom. The number of methoxy groups -OCH3 is 2. The number of amides is 1. The van der Waals surface area contributed by atoms with E-state index in [1.807, 2.05) is 6.07 Å². The van der Waals surface area contributed by atoms with Crippen LogP contribution in [0.4, 0.5) is 5.69 Å². The highest BCUT2D eigenvalue weighted by molar-refractivity contribution is 5.98. The summed E-state index contributed by atoms with van der Waals surface area (Å²) < 4.78 is 15.3. The molecule has 1 N–H and O–H groups in total. The maximum absolute atomic E-state index is 12.3. The molecule has 0 radical (unpaired) electrons. The van der Waals surface area contributed by atoms with Crippen LogP contribution in [0.15, 0.2) is 42.5 Å². The first-order chi connectivity index (χ1) is 12.1. The van der Waals surface area contributed by atoms with E-state index < -0.39 is 18.5 Å². The van der Waals surface area contributed by atoms with Crippen LogP contribution in [0.2, 0.25) is 0 Å². The quantitative estimate of drug-likeness (QED) is 0.811. The predicted molar refractivity (Wildman–Crippen MR) is 89.6 cm³/mol. The summed E-state index contributed by atoms with van der Waals surface area (Å²) in [7, 11) is 2.83. The first kappa shape index (κ1) is 17.8. The lowest BCUT2D eigenvalue weighted by atomic mass is 10.2. The van der Waals surface area contributed by atoms with E-state index in [4.69, 9.17) is 19.5 Å². The van der Waals surface area contributed by atoms with E-state index in [9.17, 15) is 9.59 Å². The van der Waals surface area contributed by atoms with Gasteiger partial charge in [0.1, 0.15) is 17.1 Å². The zero-order chi connectivity index (χ0) is 18.2. The predicted octanol–water partition coefficient (Wildman–Crippen LogP) is 2.37. The number of hydrogen-bond donors (Lipinski definition) is 1. The van der Waals surface area contributed by atoms with Gasteiger partial charge in [0.15, 0.2) is 6.61 Å². The van der Waals surface area contributed by atoms with E-state index >= 15 is 0 Å². The van der Waals surface area contributed by atoms with Crippen molar-refractivity contribution in [3.63, 3.8) is 0 Å². The van der Waals surface area contributed by atoms with E-state index in [2.05, 4.69) is 5.32 Å². The van der Waals surface area contributed by atoms with Crippen LogP contribution in [0.3, 0.4) is 0 Å². The zero-order valence-corrected chi connectivity index (χ0v) is 13.7. The third-order valence-corrected chi connectivity index (χ3v) is 3.24. The molecule has 0 saturated carbocycles. The SMILES string of the molecule is COc1cccc(OC)c1C(=O)OCC(=O)Nc1cccc(C#N)c1. The minimum atomic E-state index is -0.741. The normalized spacial score (nSPS) is 9.64. The van der Waals surface area contributed by atoms with Gasteiger partial charge < -0.3 is 19.5 Å². The number of esters is 1. The molecule has 0 aliphatic heterocycles. The number of rotatable bonds is 6. The molecule has 0 heterocycles. The Bertz CT molecular complexity index is 804. The topological polar surface area (TPSA) is 97.7 Å². The van der Waals surface area contributed by atoms with Gasteiger partial charge in [0.05, 0.1) is 25.9 Å². The molecule has 0 aromatic heterocycles. The molecule has 128 valence electrons. The number of carbonyl (C=O) groups is 2. The molecule has 0 bridgehead atoms. The second kappa shape index (κ2) is 8.36. The number of nitrogens with one attached hydrogen (secondary N) is 1. The van der Waals surface area contributed by atoms with Crippen molar-refractivity contribution in [3.05, 3.63) is 53.6 Å². The van der Waals surface area contributed by atoms with Gasteiger partial charge in [-0.25, -0.2) is 4.79 Å². The molecule has 25 heavy (non-hydrogen) atoms. The molecule has 0 unspecified atom stereocenters. The summed E-state index contributed by atoms with van der Waals surface area (Å²) >= 11 is 0. The lowest BCUT2D eigenvalue weighted by molar-refractivity contribution is -0.119. The molecule has 2 aromatic carbocycles. The third-order valence-electron chi connectivity index (χ3n) is 3.24. The molecule has 0 aliphatic carbocycles. The molecule has 0 saturated heterocycles. The van der Waals surface area contributed by atoms with Crippen molar-refractivity contribution in [3.8, 4) is 17.6 Å². The monoisotopic (exact) mass is 340 g/mol. The first-order valence-corrected chi connectivity index (χ1v) is 7.27. The van der Waals surface area contributed by atoms with Crippen molar-refractivity contribution in [2.45, 2.75) is 0 Å². The number of benzene rings is 2. The van der Waals surface area contributed by atoms with E-state index in [1.165, 1.54) is 20.3 Å². The first-order valence-electron chi connectivity index (χ1n) is 7.27. The minimum Gasteiger partial charge on any atom is -0.496 e. The molecule has 0 fully saturated rings. The average Bonchev–Trinajstić information content (AvgIpc) is 2.65. The molecular formula is C18H16N2O5. The maximum Gasteiger partial charge on any atom is 0.346 e. The summed E-state index contributed by atoms with van der Waals surface area (Å²) in [5.74, 6) is -0.703. The Hall–Kier alpha value is -3.53. The molecule has 1 amide bonds. The van der Waals surface area contributed by atoms with Crippen LogP contribution in [0.25, 0.3) is 0 Å². The van der Waals surface area contributed by atoms with Crippen LogP contribution < -0.4 is 14.8 Å². The fourth-order valence-electron chi connectivity index (χ4n) is 2.12. The molecule has 0 atom stereocenters. The lowest BCUT2D eigenvalue weighted by Gasteiger charge is -2.12. The second-order valence-electron chi connectivity index (χ2n) is 4.85. The molecule has 0 aliphatic rings. The number of ether oxygens (including phenoxy) is 3. The lowest BCUT2D eigenvalue weighted by Crippen LogP contribution is -2.21. The summed E-state index contributed by atoms with van der Waals surface area (Å²) in [5, 5.41) is 11.4. The van der Waals surface area contributed by atoms with Crippen molar-refractivity contribution in [1.82, 2.24) is 0 Å². The van der Waals surface area contributed by atoms with E-state index in [-0.39, 0.29) is 17.1 Å². The van der Waals surface area contributed by atoms with Crippen molar-refractivity contribution in [2.24, 2.45) is 0 Å². The average molecular weight is 340 g/mol. The van der Waals surface area contributed by atoms with E-state index in [1.54, 1.807) is 36.4 Å². The van der Waals surface area contributed by atoms with Gasteiger partial charge in [-0.1, -0.05) is 12.1 Å². The summed E-state index contributed by atoms with van der Waals surface area (Å²) in [4.78, 5) is 24.2. The van der Waals surface area contributed by atoms with Gasteiger partial charge in [0.2, 0.25) is 0 Å². The number of hydrogen-bond acceptors (Lipinski definition) is 6. The Morgan fingerprint density at radius 3 is 2.32 bits per heavy atom. The summed E-state index contributed by atoms with van der Waals surface area (Å²) in [6.45, 7) is -0.489. The van der Waals surface area contributed by atoms with E-state index in [0.29, 0.717) is 11.3 Å². The smallest absolute Gasteiger partial charge is 0.346 e. The van der Waals surface area contributed by atoms with Crippen LogP contribution >= 0.6 is 0 Å². The van der Waals surface area contributed by atoms with Crippen LogP contribution in [0.1, 0.15) is 15.9 Å². The maximum atomic E-state index is 12.3. The van der Waals surface area contributed by atoms with Gasteiger partial charge in [-0.05, 0) is 30.3 Å². The number of anilines is 1. The van der Waals surface area contributed by atoms with Crippen molar-refractivity contribution in [2.75, 3.05) is 26.1 Å². The van der Waals surface area contributed by atoms with Gasteiger partial charge in [-0.15, -0.1) is 0 Å². The highest BCUT2D eigenvalue weighted by Gasteiger charge is 2.20. The molecule has 7 heteroatoms. The van der Waals surface area contributed by atoms with Gasteiger partial charge in [0.25, 0.3) is 5.91 Å². The van der Waals surface area contributed by atoms with Crippen LogP contribution in [0, 0.1) is 11.3 Å². The summed E-state index contributed by atoms with van der Waals surface area (Å²) in [6, 6.07) is 13.2. The largest absolute Gasteiger partial charge is 0.496 e. The van der Waals surface area contributed by atoms with Crippen LogP contribution in [-0.2, 0) is 9.53 Å². The molecule has 0 spiro atoms. The molecule has 7 nitrogen and oxygen atoms in total. The van der Waals surface area contributed by atoms with Crippen molar-refractivity contribution >= 4 is 17.6 Å². The summed E-state index contributed by atoms with van der Waals surface area (Å²) in [6.07, 6.45) is 0. The second-order valence-corrected chi connectivity index (χ2v) is 4.85. The van der Waals surface area contributed by atoms with Gasteiger partial charge in [-0.2, -0.15) is 5.26 Å². The highest BCUT2D eigenvalue weighted by atomic mass is 16.5. The van der Waals surface area contributed by atoms with Crippen molar-refractivity contribution < 1.29 is 23.8 Å². The standard InChI is InChI=1S/C18H16N2O5/c1-23-14-7-4-8-15(24-2)17(14)18(22)25-11-16(21)20-13-6-3-5-12(9-13)10-19/h3-9H,11H2,1-2H3,(H,20,21). The molecule has 2 rings (SSSR count). The third kappa shape index (κ3) is 4.48.